The summed E-state index contributed by atoms with van der Waals surface area (Å²) in [6.45, 7) is 4.73. The van der Waals surface area contributed by atoms with Crippen molar-refractivity contribution in [3.05, 3.63) is 260 Å². The Kier molecular flexibility index (Phi) is 9.78. The van der Waals surface area contributed by atoms with Crippen molar-refractivity contribution in [2.24, 2.45) is 0 Å². The van der Waals surface area contributed by atoms with E-state index in [9.17, 15) is 0 Å². The molecule has 0 bridgehead atoms. The van der Waals surface area contributed by atoms with Crippen LogP contribution >= 0.6 is 11.3 Å². The molecule has 0 spiro atoms. The second kappa shape index (κ2) is 16.5. The highest BCUT2D eigenvalue weighted by atomic mass is 32.1. The van der Waals surface area contributed by atoms with E-state index in [-0.39, 0.29) is 5.41 Å². The third kappa shape index (κ3) is 7.15. The van der Waals surface area contributed by atoms with Gasteiger partial charge >= 0.3 is 0 Å². The van der Waals surface area contributed by atoms with Gasteiger partial charge in [0.05, 0.1) is 0 Å². The van der Waals surface area contributed by atoms with Gasteiger partial charge in [-0.25, -0.2) is 0 Å². The van der Waals surface area contributed by atoms with Crippen LogP contribution in [0.3, 0.4) is 0 Å². The van der Waals surface area contributed by atoms with E-state index in [4.69, 9.17) is 0 Å². The quantitative estimate of drug-likeness (QED) is 0.147. The van der Waals surface area contributed by atoms with Crippen LogP contribution in [0, 0.1) is 0 Å². The summed E-state index contributed by atoms with van der Waals surface area (Å²) in [6.07, 6.45) is 0. The van der Waals surface area contributed by atoms with Gasteiger partial charge in [0.15, 0.2) is 0 Å². The fraction of sp³-hybridized carbons (Fsp3) is 0.0448. The van der Waals surface area contributed by atoms with E-state index in [2.05, 4.69) is 267 Å². The minimum absolute atomic E-state index is 0.0956. The third-order valence-corrected chi connectivity index (χ3v) is 15.6. The average Bonchev–Trinajstić information content (AvgIpc) is 3.90. The maximum Gasteiger partial charge on any atom is 0.0462 e. The molecule has 0 radical (unpaired) electrons. The van der Waals surface area contributed by atoms with Gasteiger partial charge in [0.2, 0.25) is 0 Å². The Hall–Kier alpha value is -8.30. The Balaban J connectivity index is 0.829. The summed E-state index contributed by atoms with van der Waals surface area (Å²) in [5, 5.41) is 5.15. The molecule has 326 valence electrons. The number of thiophene rings is 1. The molecule has 0 saturated heterocycles. The fourth-order valence-electron chi connectivity index (χ4n) is 10.9. The van der Waals surface area contributed by atoms with Crippen molar-refractivity contribution >= 4 is 59.3 Å². The van der Waals surface area contributed by atoms with E-state index in [0.29, 0.717) is 0 Å². The Labute approximate surface area is 407 Å². The van der Waals surface area contributed by atoms with E-state index >= 15 is 0 Å². The van der Waals surface area contributed by atoms with Gasteiger partial charge < -0.3 is 4.90 Å². The van der Waals surface area contributed by atoms with Crippen LogP contribution in [0.2, 0.25) is 0 Å². The van der Waals surface area contributed by atoms with Gasteiger partial charge in [-0.1, -0.05) is 196 Å². The summed E-state index contributed by atoms with van der Waals surface area (Å²) in [5.41, 5.74) is 20.9. The lowest BCUT2D eigenvalue weighted by Crippen LogP contribution is -2.16. The first kappa shape index (κ1) is 40.9. The van der Waals surface area contributed by atoms with Crippen LogP contribution in [-0.4, -0.2) is 0 Å². The van der Waals surface area contributed by atoms with Crippen molar-refractivity contribution in [3.63, 3.8) is 0 Å². The Bertz CT molecular complexity index is 3890. The van der Waals surface area contributed by atoms with E-state index in [1.165, 1.54) is 109 Å². The predicted octanol–water partition coefficient (Wildman–Crippen LogP) is 19.3. The molecule has 0 saturated carbocycles. The SMILES string of the molecule is CC1(C)c2ccccc2-c2cccc(-c3ccc(N(c4ccc(-c5ccc(-c6cccc(-c7ccc8ccccc8c7)c6)cc5)cc4)c4ccc(-c5ccc6sc7ccccc7c6c5)cc4)cc3)c21. The van der Waals surface area contributed by atoms with Crippen molar-refractivity contribution in [1.29, 1.82) is 0 Å². The lowest BCUT2D eigenvalue weighted by molar-refractivity contribution is 0.662. The number of benzene rings is 11. The van der Waals surface area contributed by atoms with Gasteiger partial charge in [-0.15, -0.1) is 11.3 Å². The molecule has 1 heterocycles. The molecule has 0 unspecified atom stereocenters. The van der Waals surface area contributed by atoms with Crippen LogP contribution in [0.1, 0.15) is 25.0 Å². The molecule has 12 aromatic rings. The Morgan fingerprint density at radius 3 is 1.48 bits per heavy atom. The second-order valence-electron chi connectivity index (χ2n) is 18.9. The molecule has 1 nitrogen and oxygen atoms in total. The second-order valence-corrected chi connectivity index (χ2v) is 20.0. The fourth-order valence-corrected chi connectivity index (χ4v) is 12.0. The van der Waals surface area contributed by atoms with Gasteiger partial charge in [-0.05, 0) is 155 Å². The third-order valence-electron chi connectivity index (χ3n) is 14.5. The topological polar surface area (TPSA) is 3.24 Å². The van der Waals surface area contributed by atoms with Gasteiger partial charge in [0, 0.05) is 42.6 Å². The highest BCUT2D eigenvalue weighted by Crippen LogP contribution is 2.52. The highest BCUT2D eigenvalue weighted by molar-refractivity contribution is 7.25. The monoisotopic (exact) mass is 897 g/mol. The molecule has 11 aromatic carbocycles. The smallest absolute Gasteiger partial charge is 0.0462 e. The summed E-state index contributed by atoms with van der Waals surface area (Å²) < 4.78 is 2.65. The van der Waals surface area contributed by atoms with Gasteiger partial charge in [-0.3, -0.25) is 0 Å². The van der Waals surface area contributed by atoms with Crippen LogP contribution in [-0.2, 0) is 5.41 Å². The van der Waals surface area contributed by atoms with E-state index in [0.717, 1.165) is 17.1 Å². The van der Waals surface area contributed by atoms with Crippen LogP contribution in [0.5, 0.6) is 0 Å². The van der Waals surface area contributed by atoms with Crippen molar-refractivity contribution in [3.8, 4) is 66.8 Å². The largest absolute Gasteiger partial charge is 0.311 e. The molecular weight excluding hydrogens is 851 g/mol. The van der Waals surface area contributed by atoms with Gasteiger partial charge in [-0.2, -0.15) is 0 Å². The zero-order valence-corrected chi connectivity index (χ0v) is 39.3. The predicted molar refractivity (Wildman–Crippen MR) is 296 cm³/mol. The number of fused-ring (bicyclic) bond motifs is 7. The summed E-state index contributed by atoms with van der Waals surface area (Å²) in [6, 6.07) is 91.8. The first-order valence-electron chi connectivity index (χ1n) is 23.9. The summed E-state index contributed by atoms with van der Waals surface area (Å²) in [4.78, 5) is 2.38. The molecule has 0 amide bonds. The van der Waals surface area contributed by atoms with Crippen molar-refractivity contribution < 1.29 is 0 Å². The molecule has 1 aliphatic rings. The van der Waals surface area contributed by atoms with Crippen molar-refractivity contribution in [2.45, 2.75) is 19.3 Å². The van der Waals surface area contributed by atoms with Crippen LogP contribution in [0.25, 0.3) is 97.7 Å². The molecule has 1 aromatic heterocycles. The zero-order valence-electron chi connectivity index (χ0n) is 38.5. The number of anilines is 3. The molecule has 0 atom stereocenters. The Morgan fingerprint density at radius 1 is 0.304 bits per heavy atom. The van der Waals surface area contributed by atoms with Gasteiger partial charge in [0.1, 0.15) is 0 Å². The van der Waals surface area contributed by atoms with Crippen LogP contribution in [0.4, 0.5) is 17.1 Å². The van der Waals surface area contributed by atoms with Crippen molar-refractivity contribution in [2.75, 3.05) is 4.90 Å². The molecule has 13 rings (SSSR count). The first-order chi connectivity index (χ1) is 33.9. The molecule has 0 aliphatic heterocycles. The molecular formula is C67H47NS. The highest BCUT2D eigenvalue weighted by Gasteiger charge is 2.37. The molecule has 0 fully saturated rings. The average molecular weight is 898 g/mol. The summed E-state index contributed by atoms with van der Waals surface area (Å²) in [5.74, 6) is 0. The number of rotatable bonds is 8. The standard InChI is InChI=1S/C67H47NS/c1-67(2)63-19-7-5-15-59(63)61-18-10-17-58(66(61)67)49-31-38-57(39-32-49)68(56-36-29-48(30-37-56)54-33-40-65-62(43-54)60-16-6-8-20-64(60)69-65)55-34-27-46(28-35-55)45-21-23-47(24-22-45)51-13-9-14-52(41-51)53-26-25-44-11-3-4-12-50(44)42-53/h3-43H,1-2H3. The summed E-state index contributed by atoms with van der Waals surface area (Å²) in [7, 11) is 0. The maximum atomic E-state index is 2.38. The van der Waals surface area contributed by atoms with Crippen molar-refractivity contribution in [1.82, 2.24) is 0 Å². The van der Waals surface area contributed by atoms with Crippen LogP contribution in [0.15, 0.2) is 249 Å². The normalized spacial score (nSPS) is 12.6. The van der Waals surface area contributed by atoms with E-state index < -0.39 is 0 Å². The minimum atomic E-state index is -0.0956. The lowest BCUT2D eigenvalue weighted by atomic mass is 9.79. The Morgan fingerprint density at radius 2 is 0.768 bits per heavy atom. The maximum absolute atomic E-state index is 2.38. The molecule has 0 N–H and O–H groups in total. The number of hydrogen-bond donors (Lipinski definition) is 0. The zero-order chi connectivity index (χ0) is 46.1. The number of hydrogen-bond acceptors (Lipinski definition) is 2. The summed E-state index contributed by atoms with van der Waals surface area (Å²) >= 11 is 1.86. The van der Waals surface area contributed by atoms with E-state index in [1.807, 2.05) is 11.3 Å². The molecule has 69 heavy (non-hydrogen) atoms. The minimum Gasteiger partial charge on any atom is -0.311 e. The lowest BCUT2D eigenvalue weighted by Gasteiger charge is -2.27. The number of nitrogens with zero attached hydrogens (tertiary/aromatic N) is 1. The molecule has 2 heteroatoms. The first-order valence-corrected chi connectivity index (χ1v) is 24.7. The van der Waals surface area contributed by atoms with Crippen LogP contribution < -0.4 is 4.90 Å². The molecule has 1 aliphatic carbocycles. The van der Waals surface area contributed by atoms with Gasteiger partial charge in [0.25, 0.3) is 0 Å². The van der Waals surface area contributed by atoms with E-state index in [1.54, 1.807) is 0 Å².